The van der Waals surface area contributed by atoms with Gasteiger partial charge in [0.05, 0.1) is 13.2 Å². The average Bonchev–Trinajstić information content (AvgIpc) is 2.81. The van der Waals surface area contributed by atoms with Gasteiger partial charge in [-0.25, -0.2) is 0 Å². The molecule has 4 nitrogen and oxygen atoms in total. The molecule has 0 saturated carbocycles. The minimum atomic E-state index is -0.193. The Morgan fingerprint density at radius 2 is 2.10 bits per heavy atom. The van der Waals surface area contributed by atoms with Gasteiger partial charge in [0.25, 0.3) is 0 Å². The molecule has 0 N–H and O–H groups in total. The number of carbonyl (C=O) groups is 1. The molecule has 0 fully saturated rings. The van der Waals surface area contributed by atoms with Gasteiger partial charge in [0.2, 0.25) is 0 Å². The predicted molar refractivity (Wildman–Crippen MR) is 83.5 cm³/mol. The van der Waals surface area contributed by atoms with E-state index in [0.717, 1.165) is 23.1 Å². The lowest BCUT2D eigenvalue weighted by atomic mass is 10.1. The standard InChI is InChI=1S/C17H23NO3/c1-4-20-15-5-6-16-14(11-15)7-9-18(16)12-17(19)21-10-8-13(2)3/h5-7,9,11,13H,4,8,10,12H2,1-3H3. The van der Waals surface area contributed by atoms with E-state index in [2.05, 4.69) is 13.8 Å². The zero-order valence-electron chi connectivity index (χ0n) is 13.0. The maximum Gasteiger partial charge on any atom is 0.325 e. The van der Waals surface area contributed by atoms with Crippen LogP contribution in [0.1, 0.15) is 27.2 Å². The molecule has 21 heavy (non-hydrogen) atoms. The Hall–Kier alpha value is -1.97. The summed E-state index contributed by atoms with van der Waals surface area (Å²) in [7, 11) is 0. The van der Waals surface area contributed by atoms with Gasteiger partial charge in [-0.3, -0.25) is 4.79 Å². The summed E-state index contributed by atoms with van der Waals surface area (Å²) in [5.41, 5.74) is 1.01. The van der Waals surface area contributed by atoms with Gasteiger partial charge in [-0.15, -0.1) is 0 Å². The molecule has 0 spiro atoms. The van der Waals surface area contributed by atoms with E-state index in [4.69, 9.17) is 9.47 Å². The second-order valence-corrected chi connectivity index (χ2v) is 5.50. The molecule has 0 radical (unpaired) electrons. The highest BCUT2D eigenvalue weighted by atomic mass is 16.5. The quantitative estimate of drug-likeness (QED) is 0.731. The van der Waals surface area contributed by atoms with Crippen LogP contribution in [-0.4, -0.2) is 23.8 Å². The molecule has 2 aromatic rings. The topological polar surface area (TPSA) is 40.5 Å². The second kappa shape index (κ2) is 7.16. The number of carbonyl (C=O) groups excluding carboxylic acids is 1. The molecule has 0 unspecified atom stereocenters. The fraction of sp³-hybridized carbons (Fsp3) is 0.471. The molecular formula is C17H23NO3. The van der Waals surface area contributed by atoms with Crippen molar-refractivity contribution in [2.24, 2.45) is 5.92 Å². The molecule has 1 heterocycles. The van der Waals surface area contributed by atoms with Crippen LogP contribution in [-0.2, 0) is 16.1 Å². The van der Waals surface area contributed by atoms with Gasteiger partial charge in [-0.05, 0) is 43.5 Å². The molecule has 0 saturated heterocycles. The number of fused-ring (bicyclic) bond motifs is 1. The molecular weight excluding hydrogens is 266 g/mol. The Kier molecular flexibility index (Phi) is 5.26. The van der Waals surface area contributed by atoms with E-state index in [0.29, 0.717) is 19.1 Å². The minimum Gasteiger partial charge on any atom is -0.494 e. The highest BCUT2D eigenvalue weighted by molar-refractivity contribution is 5.83. The summed E-state index contributed by atoms with van der Waals surface area (Å²) in [5, 5.41) is 1.07. The molecule has 0 aliphatic carbocycles. The van der Waals surface area contributed by atoms with Gasteiger partial charge >= 0.3 is 5.97 Å². The van der Waals surface area contributed by atoms with Crippen LogP contribution in [0, 0.1) is 5.92 Å². The molecule has 0 aliphatic heterocycles. The van der Waals surface area contributed by atoms with E-state index in [1.807, 2.05) is 42.0 Å². The van der Waals surface area contributed by atoms with Crippen molar-refractivity contribution in [1.82, 2.24) is 4.57 Å². The summed E-state index contributed by atoms with van der Waals surface area (Å²) >= 11 is 0. The van der Waals surface area contributed by atoms with E-state index >= 15 is 0 Å². The maximum atomic E-state index is 11.8. The molecule has 0 amide bonds. The normalized spacial score (nSPS) is 11.0. The largest absolute Gasteiger partial charge is 0.494 e. The first kappa shape index (κ1) is 15.4. The summed E-state index contributed by atoms with van der Waals surface area (Å²) in [6.07, 6.45) is 2.81. The maximum absolute atomic E-state index is 11.8. The van der Waals surface area contributed by atoms with Crippen molar-refractivity contribution < 1.29 is 14.3 Å². The van der Waals surface area contributed by atoms with Crippen LogP contribution in [0.3, 0.4) is 0 Å². The number of ether oxygens (including phenoxy) is 2. The highest BCUT2D eigenvalue weighted by Crippen LogP contribution is 2.22. The number of esters is 1. The lowest BCUT2D eigenvalue weighted by Crippen LogP contribution is -2.14. The molecule has 0 bridgehead atoms. The van der Waals surface area contributed by atoms with Gasteiger partial charge < -0.3 is 14.0 Å². The summed E-state index contributed by atoms with van der Waals surface area (Å²) in [6, 6.07) is 7.87. The van der Waals surface area contributed by atoms with Crippen LogP contribution in [0.4, 0.5) is 0 Å². The first-order chi connectivity index (χ1) is 10.1. The Labute approximate surface area is 125 Å². The minimum absolute atomic E-state index is 0.193. The lowest BCUT2D eigenvalue weighted by molar-refractivity contribution is -0.144. The number of nitrogens with zero attached hydrogens (tertiary/aromatic N) is 1. The van der Waals surface area contributed by atoms with E-state index < -0.39 is 0 Å². The fourth-order valence-corrected chi connectivity index (χ4v) is 2.17. The average molecular weight is 289 g/mol. The van der Waals surface area contributed by atoms with E-state index in [1.54, 1.807) is 0 Å². The number of hydrogen-bond donors (Lipinski definition) is 0. The van der Waals surface area contributed by atoms with Crippen molar-refractivity contribution in [3.8, 4) is 5.75 Å². The number of hydrogen-bond acceptors (Lipinski definition) is 3. The van der Waals surface area contributed by atoms with E-state index in [1.165, 1.54) is 0 Å². The molecule has 1 aromatic heterocycles. The molecule has 4 heteroatoms. The first-order valence-electron chi connectivity index (χ1n) is 7.47. The molecule has 0 atom stereocenters. The van der Waals surface area contributed by atoms with Crippen LogP contribution in [0.5, 0.6) is 5.75 Å². The highest BCUT2D eigenvalue weighted by Gasteiger charge is 2.08. The monoisotopic (exact) mass is 289 g/mol. The number of benzene rings is 1. The summed E-state index contributed by atoms with van der Waals surface area (Å²) in [5.74, 6) is 1.20. The zero-order chi connectivity index (χ0) is 15.2. The van der Waals surface area contributed by atoms with Gasteiger partial charge in [0, 0.05) is 17.1 Å². The summed E-state index contributed by atoms with van der Waals surface area (Å²) in [6.45, 7) is 7.57. The van der Waals surface area contributed by atoms with E-state index in [9.17, 15) is 4.79 Å². The summed E-state index contributed by atoms with van der Waals surface area (Å²) < 4.78 is 12.6. The number of aromatic nitrogens is 1. The predicted octanol–water partition coefficient (Wildman–Crippen LogP) is 3.63. The van der Waals surface area contributed by atoms with Gasteiger partial charge in [-0.1, -0.05) is 13.8 Å². The van der Waals surface area contributed by atoms with Crippen LogP contribution in [0.2, 0.25) is 0 Å². The van der Waals surface area contributed by atoms with Crippen molar-refractivity contribution in [3.05, 3.63) is 30.5 Å². The number of rotatable bonds is 7. The van der Waals surface area contributed by atoms with Crippen LogP contribution in [0.25, 0.3) is 10.9 Å². The van der Waals surface area contributed by atoms with Gasteiger partial charge in [0.15, 0.2) is 0 Å². The fourth-order valence-electron chi connectivity index (χ4n) is 2.17. The third-order valence-electron chi connectivity index (χ3n) is 3.31. The van der Waals surface area contributed by atoms with Crippen molar-refractivity contribution in [2.75, 3.05) is 13.2 Å². The summed E-state index contributed by atoms with van der Waals surface area (Å²) in [4.78, 5) is 11.8. The molecule has 114 valence electrons. The van der Waals surface area contributed by atoms with Gasteiger partial charge in [0.1, 0.15) is 12.3 Å². The van der Waals surface area contributed by atoms with Crippen LogP contribution >= 0.6 is 0 Å². The van der Waals surface area contributed by atoms with Gasteiger partial charge in [-0.2, -0.15) is 0 Å². The Bertz CT molecular complexity index is 601. The Morgan fingerprint density at radius 3 is 2.81 bits per heavy atom. The Balaban J connectivity index is 2.00. The van der Waals surface area contributed by atoms with Crippen molar-refractivity contribution in [1.29, 1.82) is 0 Å². The zero-order valence-corrected chi connectivity index (χ0v) is 13.0. The second-order valence-electron chi connectivity index (χ2n) is 5.50. The third-order valence-corrected chi connectivity index (χ3v) is 3.31. The SMILES string of the molecule is CCOc1ccc2c(ccn2CC(=O)OCCC(C)C)c1. The lowest BCUT2D eigenvalue weighted by Gasteiger charge is -2.09. The first-order valence-corrected chi connectivity index (χ1v) is 7.47. The molecule has 0 aliphatic rings. The smallest absolute Gasteiger partial charge is 0.325 e. The Morgan fingerprint density at radius 1 is 1.29 bits per heavy atom. The van der Waals surface area contributed by atoms with Crippen molar-refractivity contribution >= 4 is 16.9 Å². The van der Waals surface area contributed by atoms with E-state index in [-0.39, 0.29) is 12.5 Å². The molecule has 2 rings (SSSR count). The van der Waals surface area contributed by atoms with Crippen LogP contribution in [0.15, 0.2) is 30.5 Å². The van der Waals surface area contributed by atoms with Crippen molar-refractivity contribution in [2.45, 2.75) is 33.7 Å². The molecule has 1 aromatic carbocycles. The third kappa shape index (κ3) is 4.25. The van der Waals surface area contributed by atoms with Crippen molar-refractivity contribution in [3.63, 3.8) is 0 Å². The van der Waals surface area contributed by atoms with Crippen LogP contribution < -0.4 is 4.74 Å².